The summed E-state index contributed by atoms with van der Waals surface area (Å²) in [6.45, 7) is 3.72. The van der Waals surface area contributed by atoms with Gasteiger partial charge in [0.15, 0.2) is 0 Å². The van der Waals surface area contributed by atoms with Crippen molar-refractivity contribution in [3.05, 3.63) is 27.8 Å². The minimum Gasteiger partial charge on any atom is -0.507 e. The molecule has 4 heteroatoms. The monoisotopic (exact) mass is 225 g/mol. The molecule has 0 saturated carbocycles. The zero-order valence-electron chi connectivity index (χ0n) is 8.58. The molecule has 80 valence electrons. The Labute approximate surface area is 93.0 Å². The summed E-state index contributed by atoms with van der Waals surface area (Å²) in [4.78, 5) is 0. The van der Waals surface area contributed by atoms with E-state index >= 15 is 0 Å². The minimum absolute atomic E-state index is 0.0928. The van der Waals surface area contributed by atoms with E-state index in [-0.39, 0.29) is 11.7 Å². The molecule has 0 radical (unpaired) electrons. The average molecular weight is 226 g/mol. The number of aromatic hydroxyl groups is 1. The first-order chi connectivity index (χ1) is 7.06. The molecule has 1 atom stereocenters. The maximum absolute atomic E-state index is 9.91. The number of benzene rings is 1. The van der Waals surface area contributed by atoms with Crippen molar-refractivity contribution in [2.24, 2.45) is 11.1 Å². The van der Waals surface area contributed by atoms with Crippen LogP contribution in [0.5, 0.6) is 5.75 Å². The number of phenols is 1. The normalized spacial score (nSPS) is 22.1. The van der Waals surface area contributed by atoms with Crippen molar-refractivity contribution in [1.82, 2.24) is 0 Å². The molecular weight excluding hydrogens is 214 g/mol. The van der Waals surface area contributed by atoms with E-state index in [9.17, 15) is 5.11 Å². The number of halogens is 1. The van der Waals surface area contributed by atoms with Gasteiger partial charge in [-0.25, -0.2) is 0 Å². The standard InChI is InChI=1S/C11H12ClNO2/c1-5-3-7-8(12)4-6(2)11(14)9(7)10(5)13-15/h4-5,14-15H,3H2,1-2H3/b13-10+. The number of aryl methyl sites for hydroxylation is 1. The van der Waals surface area contributed by atoms with Gasteiger partial charge in [0.05, 0.1) is 5.71 Å². The van der Waals surface area contributed by atoms with Crippen molar-refractivity contribution in [1.29, 1.82) is 0 Å². The van der Waals surface area contributed by atoms with Gasteiger partial charge >= 0.3 is 0 Å². The Bertz CT molecular complexity index is 454. The molecule has 0 aromatic heterocycles. The van der Waals surface area contributed by atoms with Gasteiger partial charge in [0.1, 0.15) is 5.75 Å². The Hall–Kier alpha value is -1.22. The van der Waals surface area contributed by atoms with Crippen LogP contribution in [0, 0.1) is 12.8 Å². The van der Waals surface area contributed by atoms with Crippen LogP contribution in [0.2, 0.25) is 5.02 Å². The third kappa shape index (κ3) is 1.38. The lowest BCUT2D eigenvalue weighted by Crippen LogP contribution is -2.05. The minimum atomic E-state index is 0.0928. The van der Waals surface area contributed by atoms with Gasteiger partial charge in [-0.15, -0.1) is 0 Å². The third-order valence-electron chi connectivity index (χ3n) is 2.88. The molecule has 0 aliphatic heterocycles. The van der Waals surface area contributed by atoms with Crippen molar-refractivity contribution >= 4 is 17.3 Å². The molecule has 1 aromatic rings. The van der Waals surface area contributed by atoms with Gasteiger partial charge in [-0.2, -0.15) is 0 Å². The Kier molecular flexibility index (Phi) is 2.35. The Balaban J connectivity index is 2.75. The van der Waals surface area contributed by atoms with Crippen LogP contribution in [0.3, 0.4) is 0 Å². The Morgan fingerprint density at radius 3 is 2.80 bits per heavy atom. The summed E-state index contributed by atoms with van der Waals surface area (Å²) >= 11 is 6.09. The van der Waals surface area contributed by atoms with E-state index < -0.39 is 0 Å². The van der Waals surface area contributed by atoms with Gasteiger partial charge in [-0.05, 0) is 30.5 Å². The molecule has 1 aromatic carbocycles. The summed E-state index contributed by atoms with van der Waals surface area (Å²) in [5.41, 5.74) is 2.71. The highest BCUT2D eigenvalue weighted by molar-refractivity contribution is 6.32. The summed E-state index contributed by atoms with van der Waals surface area (Å²) in [7, 11) is 0. The van der Waals surface area contributed by atoms with Gasteiger partial charge < -0.3 is 10.3 Å². The summed E-state index contributed by atoms with van der Waals surface area (Å²) in [5, 5.41) is 22.7. The third-order valence-corrected chi connectivity index (χ3v) is 3.22. The molecule has 1 aliphatic carbocycles. The molecule has 3 nitrogen and oxygen atoms in total. The van der Waals surface area contributed by atoms with Crippen molar-refractivity contribution in [2.45, 2.75) is 20.3 Å². The molecule has 1 unspecified atom stereocenters. The highest BCUT2D eigenvalue weighted by Gasteiger charge is 2.31. The van der Waals surface area contributed by atoms with Crippen LogP contribution in [0.25, 0.3) is 0 Å². The molecule has 2 rings (SSSR count). The lowest BCUT2D eigenvalue weighted by Gasteiger charge is -2.08. The Morgan fingerprint density at radius 1 is 1.53 bits per heavy atom. The predicted octanol–water partition coefficient (Wildman–Crippen LogP) is 2.72. The zero-order valence-corrected chi connectivity index (χ0v) is 9.34. The quantitative estimate of drug-likeness (QED) is 0.527. The van der Waals surface area contributed by atoms with E-state index in [2.05, 4.69) is 5.16 Å². The van der Waals surface area contributed by atoms with E-state index in [1.807, 2.05) is 6.92 Å². The molecule has 0 fully saturated rings. The maximum Gasteiger partial charge on any atom is 0.128 e. The largest absolute Gasteiger partial charge is 0.507 e. The number of hydrogen-bond acceptors (Lipinski definition) is 3. The number of oxime groups is 1. The summed E-state index contributed by atoms with van der Waals surface area (Å²) in [6.07, 6.45) is 0.710. The number of fused-ring (bicyclic) bond motifs is 1. The molecule has 0 spiro atoms. The van der Waals surface area contributed by atoms with E-state index in [0.717, 1.165) is 5.56 Å². The molecular formula is C11H12ClNO2. The highest BCUT2D eigenvalue weighted by Crippen LogP contribution is 2.39. The molecule has 0 heterocycles. The second-order valence-corrected chi connectivity index (χ2v) is 4.38. The average Bonchev–Trinajstić information content (AvgIpc) is 2.52. The van der Waals surface area contributed by atoms with Crippen molar-refractivity contribution in [3.8, 4) is 5.75 Å². The topological polar surface area (TPSA) is 52.8 Å². The van der Waals surface area contributed by atoms with Crippen molar-refractivity contribution < 1.29 is 10.3 Å². The molecule has 0 bridgehead atoms. The highest BCUT2D eigenvalue weighted by atomic mass is 35.5. The summed E-state index contributed by atoms with van der Waals surface area (Å²) in [5.74, 6) is 0.266. The van der Waals surface area contributed by atoms with E-state index in [1.54, 1.807) is 13.0 Å². The Morgan fingerprint density at radius 2 is 2.20 bits per heavy atom. The maximum atomic E-state index is 9.91. The molecule has 15 heavy (non-hydrogen) atoms. The van der Waals surface area contributed by atoms with E-state index in [0.29, 0.717) is 28.3 Å². The van der Waals surface area contributed by atoms with Crippen LogP contribution in [0.4, 0.5) is 0 Å². The summed E-state index contributed by atoms with van der Waals surface area (Å²) < 4.78 is 0. The number of rotatable bonds is 0. The lowest BCUT2D eigenvalue weighted by atomic mass is 10.0. The van der Waals surface area contributed by atoms with Gasteiger partial charge in [0.2, 0.25) is 0 Å². The summed E-state index contributed by atoms with van der Waals surface area (Å²) in [6, 6.07) is 1.74. The van der Waals surface area contributed by atoms with Crippen molar-refractivity contribution in [3.63, 3.8) is 0 Å². The van der Waals surface area contributed by atoms with Crippen molar-refractivity contribution in [2.75, 3.05) is 0 Å². The van der Waals surface area contributed by atoms with E-state index in [1.165, 1.54) is 0 Å². The molecule has 2 N–H and O–H groups in total. The fourth-order valence-corrected chi connectivity index (χ4v) is 2.41. The second-order valence-electron chi connectivity index (χ2n) is 3.97. The van der Waals surface area contributed by atoms with Gasteiger partial charge in [0, 0.05) is 16.5 Å². The number of nitrogens with zero attached hydrogens (tertiary/aromatic N) is 1. The number of hydrogen-bond donors (Lipinski definition) is 2. The van der Waals surface area contributed by atoms with Crippen LogP contribution >= 0.6 is 11.6 Å². The molecule has 0 amide bonds. The smallest absolute Gasteiger partial charge is 0.128 e. The first kappa shape index (κ1) is 10.3. The molecule has 1 aliphatic rings. The van der Waals surface area contributed by atoms with Gasteiger partial charge in [-0.3, -0.25) is 0 Å². The first-order valence-electron chi connectivity index (χ1n) is 4.79. The second kappa shape index (κ2) is 3.42. The fraction of sp³-hybridized carbons (Fsp3) is 0.364. The van der Waals surface area contributed by atoms with Crippen LogP contribution in [-0.4, -0.2) is 16.0 Å². The SMILES string of the molecule is Cc1cc(Cl)c2c(c1O)/C(=N/O)C(C)C2. The number of phenolic OH excluding ortho intramolecular Hbond substituents is 1. The van der Waals surface area contributed by atoms with Crippen LogP contribution in [0.1, 0.15) is 23.6 Å². The van der Waals surface area contributed by atoms with E-state index in [4.69, 9.17) is 16.8 Å². The van der Waals surface area contributed by atoms with Gasteiger partial charge in [0.25, 0.3) is 0 Å². The van der Waals surface area contributed by atoms with Crippen LogP contribution in [0.15, 0.2) is 11.2 Å². The predicted molar refractivity (Wildman–Crippen MR) is 59.0 cm³/mol. The van der Waals surface area contributed by atoms with Crippen LogP contribution in [-0.2, 0) is 6.42 Å². The van der Waals surface area contributed by atoms with Crippen LogP contribution < -0.4 is 0 Å². The van der Waals surface area contributed by atoms with Gasteiger partial charge in [-0.1, -0.05) is 23.7 Å². The first-order valence-corrected chi connectivity index (χ1v) is 5.17. The molecule has 0 saturated heterocycles. The fourth-order valence-electron chi connectivity index (χ4n) is 2.08. The lowest BCUT2D eigenvalue weighted by molar-refractivity contribution is 0.316. The zero-order chi connectivity index (χ0) is 11.2.